The molecule has 1 aliphatic heterocycles. The molecule has 0 bridgehead atoms. The fraction of sp³-hybridized carbons (Fsp3) is 0.273. The number of halogens is 2. The van der Waals surface area contributed by atoms with Crippen molar-refractivity contribution in [2.24, 2.45) is 0 Å². The van der Waals surface area contributed by atoms with Gasteiger partial charge in [0.15, 0.2) is 0 Å². The van der Waals surface area contributed by atoms with Crippen molar-refractivity contribution in [1.29, 1.82) is 0 Å². The first-order valence-corrected chi connectivity index (χ1v) is 9.45. The van der Waals surface area contributed by atoms with Crippen LogP contribution in [-0.2, 0) is 6.54 Å². The molecule has 1 fully saturated rings. The summed E-state index contributed by atoms with van der Waals surface area (Å²) in [6, 6.07) is 15.7. The van der Waals surface area contributed by atoms with Crippen molar-refractivity contribution in [2.45, 2.75) is 12.6 Å². The van der Waals surface area contributed by atoms with E-state index in [0.29, 0.717) is 18.7 Å². The molecule has 30 heavy (non-hydrogen) atoms. The van der Waals surface area contributed by atoms with E-state index >= 15 is 0 Å². The van der Waals surface area contributed by atoms with Gasteiger partial charge in [-0.2, -0.15) is 0 Å². The lowest BCUT2D eigenvalue weighted by Crippen LogP contribution is -2.48. The first kappa shape index (κ1) is 23.7. The van der Waals surface area contributed by atoms with E-state index in [1.165, 1.54) is 0 Å². The van der Waals surface area contributed by atoms with Crippen molar-refractivity contribution in [1.82, 2.24) is 19.8 Å². The van der Waals surface area contributed by atoms with Crippen LogP contribution in [-0.4, -0.2) is 47.1 Å². The molecule has 0 saturated carbocycles. The molecule has 1 N–H and O–H groups in total. The fourth-order valence-electron chi connectivity index (χ4n) is 3.68. The van der Waals surface area contributed by atoms with Crippen molar-refractivity contribution < 1.29 is 9.53 Å². The van der Waals surface area contributed by atoms with Gasteiger partial charge in [0.05, 0.1) is 19.5 Å². The summed E-state index contributed by atoms with van der Waals surface area (Å²) >= 11 is 0. The number of aromatic nitrogens is 2. The van der Waals surface area contributed by atoms with Gasteiger partial charge in [-0.1, -0.05) is 30.3 Å². The number of carbonyl (C=O) groups excluding carboxylic acids is 1. The van der Waals surface area contributed by atoms with Crippen LogP contribution in [0.4, 0.5) is 0 Å². The molecule has 8 heteroatoms. The second kappa shape index (κ2) is 11.0. The molecule has 1 unspecified atom stereocenters. The van der Waals surface area contributed by atoms with E-state index in [9.17, 15) is 4.79 Å². The van der Waals surface area contributed by atoms with Crippen molar-refractivity contribution in [2.75, 3.05) is 26.7 Å². The Morgan fingerprint density at radius 1 is 1.17 bits per heavy atom. The van der Waals surface area contributed by atoms with Gasteiger partial charge in [0.1, 0.15) is 5.75 Å². The van der Waals surface area contributed by atoms with Gasteiger partial charge in [-0.25, -0.2) is 4.98 Å². The number of hydrogen-bond acceptors (Lipinski definition) is 4. The minimum absolute atomic E-state index is 0. The van der Waals surface area contributed by atoms with Crippen LogP contribution < -0.4 is 10.1 Å². The summed E-state index contributed by atoms with van der Waals surface area (Å²) in [4.78, 5) is 19.3. The SMILES string of the molecule is COc1ccccc1C1CNCCN1C(=O)c1ccc(Cn2ccnc2)cc1.Cl.Cl. The number of methoxy groups -OCH3 is 1. The first-order valence-electron chi connectivity index (χ1n) is 9.45. The lowest BCUT2D eigenvalue weighted by atomic mass is 10.0. The molecule has 0 radical (unpaired) electrons. The molecule has 0 spiro atoms. The summed E-state index contributed by atoms with van der Waals surface area (Å²) in [7, 11) is 1.67. The molecule has 1 saturated heterocycles. The van der Waals surface area contributed by atoms with Gasteiger partial charge in [-0.15, -0.1) is 24.8 Å². The van der Waals surface area contributed by atoms with Gasteiger partial charge < -0.3 is 19.5 Å². The van der Waals surface area contributed by atoms with E-state index < -0.39 is 0 Å². The van der Waals surface area contributed by atoms with Gasteiger partial charge in [-0.05, 0) is 23.8 Å². The predicted octanol–water partition coefficient (Wildman–Crippen LogP) is 3.57. The average Bonchev–Trinajstić information content (AvgIpc) is 3.27. The maximum atomic E-state index is 13.3. The largest absolute Gasteiger partial charge is 0.496 e. The molecule has 1 atom stereocenters. The summed E-state index contributed by atoms with van der Waals surface area (Å²) in [6.45, 7) is 2.91. The molecular formula is C22H26Cl2N4O2. The zero-order valence-electron chi connectivity index (χ0n) is 16.7. The van der Waals surface area contributed by atoms with Crippen LogP contribution in [0.3, 0.4) is 0 Å². The average molecular weight is 449 g/mol. The van der Waals surface area contributed by atoms with E-state index in [0.717, 1.165) is 30.0 Å². The van der Waals surface area contributed by atoms with E-state index in [-0.39, 0.29) is 36.8 Å². The van der Waals surface area contributed by atoms with Crippen molar-refractivity contribution in [3.63, 3.8) is 0 Å². The highest BCUT2D eigenvalue weighted by Crippen LogP contribution is 2.31. The second-order valence-corrected chi connectivity index (χ2v) is 6.89. The van der Waals surface area contributed by atoms with Gasteiger partial charge >= 0.3 is 0 Å². The van der Waals surface area contributed by atoms with Crippen LogP contribution in [0.15, 0.2) is 67.3 Å². The van der Waals surface area contributed by atoms with Crippen molar-refractivity contribution >= 4 is 30.7 Å². The van der Waals surface area contributed by atoms with E-state index in [2.05, 4.69) is 10.3 Å². The molecule has 0 aliphatic carbocycles. The highest BCUT2D eigenvalue weighted by molar-refractivity contribution is 5.94. The zero-order chi connectivity index (χ0) is 19.3. The number of rotatable bonds is 5. The van der Waals surface area contributed by atoms with Crippen LogP contribution in [0.5, 0.6) is 5.75 Å². The molecule has 2 aromatic carbocycles. The Kier molecular flexibility index (Phi) is 8.72. The number of imidazole rings is 1. The Morgan fingerprint density at radius 3 is 2.63 bits per heavy atom. The summed E-state index contributed by atoms with van der Waals surface area (Å²) in [6.07, 6.45) is 5.48. The maximum absolute atomic E-state index is 13.3. The lowest BCUT2D eigenvalue weighted by molar-refractivity contribution is 0.0631. The summed E-state index contributed by atoms with van der Waals surface area (Å²) in [5, 5.41) is 3.40. The minimum atomic E-state index is -0.0528. The number of carbonyl (C=O) groups is 1. The number of nitrogens with zero attached hydrogens (tertiary/aromatic N) is 3. The number of piperazine rings is 1. The number of para-hydroxylation sites is 1. The Balaban J connectivity index is 0.00000160. The molecule has 3 aromatic rings. The minimum Gasteiger partial charge on any atom is -0.496 e. The Bertz CT molecular complexity index is 933. The molecule has 1 aromatic heterocycles. The topological polar surface area (TPSA) is 59.4 Å². The maximum Gasteiger partial charge on any atom is 0.254 e. The molecular weight excluding hydrogens is 423 g/mol. The number of benzene rings is 2. The predicted molar refractivity (Wildman–Crippen MR) is 122 cm³/mol. The van der Waals surface area contributed by atoms with Crippen molar-refractivity contribution in [3.05, 3.63) is 83.9 Å². The normalized spacial score (nSPS) is 15.6. The molecule has 2 heterocycles. The smallest absolute Gasteiger partial charge is 0.254 e. The molecule has 160 valence electrons. The Morgan fingerprint density at radius 2 is 1.93 bits per heavy atom. The lowest BCUT2D eigenvalue weighted by Gasteiger charge is -2.37. The second-order valence-electron chi connectivity index (χ2n) is 6.89. The molecule has 6 nitrogen and oxygen atoms in total. The monoisotopic (exact) mass is 448 g/mol. The third-order valence-corrected chi connectivity index (χ3v) is 5.13. The van der Waals surface area contributed by atoms with Gasteiger partial charge in [0.2, 0.25) is 0 Å². The number of hydrogen-bond donors (Lipinski definition) is 1. The van der Waals surface area contributed by atoms with Gasteiger partial charge in [-0.3, -0.25) is 4.79 Å². The van der Waals surface area contributed by atoms with Crippen LogP contribution in [0.2, 0.25) is 0 Å². The third-order valence-electron chi connectivity index (χ3n) is 5.13. The number of nitrogens with one attached hydrogen (secondary N) is 1. The summed E-state index contributed by atoms with van der Waals surface area (Å²) in [5.74, 6) is 0.858. The highest BCUT2D eigenvalue weighted by atomic mass is 35.5. The van der Waals surface area contributed by atoms with E-state index in [1.54, 1.807) is 19.6 Å². The van der Waals surface area contributed by atoms with Gasteiger partial charge in [0, 0.05) is 49.7 Å². The van der Waals surface area contributed by atoms with Gasteiger partial charge in [0.25, 0.3) is 5.91 Å². The van der Waals surface area contributed by atoms with Crippen LogP contribution >= 0.6 is 24.8 Å². The number of amides is 1. The summed E-state index contributed by atoms with van der Waals surface area (Å²) in [5.41, 5.74) is 2.87. The van der Waals surface area contributed by atoms with E-state index in [4.69, 9.17) is 4.74 Å². The third kappa shape index (κ3) is 5.14. The van der Waals surface area contributed by atoms with E-state index in [1.807, 2.05) is 64.2 Å². The van der Waals surface area contributed by atoms with Crippen LogP contribution in [0.25, 0.3) is 0 Å². The van der Waals surface area contributed by atoms with Crippen molar-refractivity contribution in [3.8, 4) is 5.75 Å². The fourth-order valence-corrected chi connectivity index (χ4v) is 3.68. The molecule has 1 amide bonds. The Hall–Kier alpha value is -2.54. The summed E-state index contributed by atoms with van der Waals surface area (Å²) < 4.78 is 7.53. The molecule has 4 rings (SSSR count). The first-order chi connectivity index (χ1) is 13.8. The van der Waals surface area contributed by atoms with Crippen LogP contribution in [0, 0.1) is 0 Å². The Labute approximate surface area is 189 Å². The highest BCUT2D eigenvalue weighted by Gasteiger charge is 2.30. The number of ether oxygens (including phenoxy) is 1. The zero-order valence-corrected chi connectivity index (χ0v) is 18.4. The quantitative estimate of drug-likeness (QED) is 0.647. The van der Waals surface area contributed by atoms with Crippen LogP contribution in [0.1, 0.15) is 27.5 Å². The molecule has 1 aliphatic rings. The standard InChI is InChI=1S/C22H24N4O2.2ClH/c1-28-21-5-3-2-4-19(21)20-14-23-11-13-26(20)22(27)18-8-6-17(7-9-18)15-25-12-10-24-16-25;;/h2-10,12,16,20,23H,11,13-15H2,1H3;2*1H.